The molecular weight excluding hydrogens is 559 g/mol. The molecule has 0 radical (unpaired) electrons. The lowest BCUT2D eigenvalue weighted by molar-refractivity contribution is -0.586. The Morgan fingerprint density at radius 2 is 1.21 bits per heavy atom. The van der Waals surface area contributed by atoms with Crippen molar-refractivity contribution in [3.05, 3.63) is 144 Å². The van der Waals surface area contributed by atoms with Gasteiger partial charge in [-0.05, 0) is 47.4 Å². The second-order valence-corrected chi connectivity index (χ2v) is 11.2. The van der Waals surface area contributed by atoms with Gasteiger partial charge < -0.3 is 4.55 Å². The number of halogens is 3. The molecule has 1 aromatic heterocycles. The Hall–Kier alpha value is -4.53. The maximum absolute atomic E-state index is 10.7. The molecule has 0 aliphatic heterocycles. The molecule has 212 valence electrons. The van der Waals surface area contributed by atoms with Crippen LogP contribution in [0.2, 0.25) is 0 Å². The van der Waals surface area contributed by atoms with Gasteiger partial charge in [-0.25, -0.2) is 8.42 Å². The minimum atomic E-state index is -6.09. The number of hydrogen-bond acceptors (Lipinski definition) is 3. The molecule has 1 aliphatic carbocycles. The molecule has 0 saturated heterocycles. The third kappa shape index (κ3) is 6.35. The van der Waals surface area contributed by atoms with Gasteiger partial charge in [0.1, 0.15) is 0 Å². The summed E-state index contributed by atoms with van der Waals surface area (Å²) in [6.45, 7) is 2.14. The summed E-state index contributed by atoms with van der Waals surface area (Å²) in [4.78, 5) is 0. The molecule has 6 rings (SSSR count). The van der Waals surface area contributed by atoms with E-state index < -0.39 is 15.6 Å². The van der Waals surface area contributed by atoms with Crippen LogP contribution in [0.3, 0.4) is 0 Å². The maximum Gasteiger partial charge on any atom is 0.485 e. The molecule has 0 atom stereocenters. The lowest BCUT2D eigenvalue weighted by Gasteiger charge is -2.13. The maximum atomic E-state index is 10.7. The zero-order chi connectivity index (χ0) is 29.9. The van der Waals surface area contributed by atoms with Crippen molar-refractivity contribution >= 4 is 21.8 Å². The van der Waals surface area contributed by atoms with E-state index in [0.717, 1.165) is 6.42 Å². The predicted octanol–water partition coefficient (Wildman–Crippen LogP) is 7.75. The smallest absolute Gasteiger partial charge is 0.485 e. The molecule has 0 unspecified atom stereocenters. The molecule has 5 aromatic rings. The van der Waals surface area contributed by atoms with Gasteiger partial charge in [0.15, 0.2) is 10.1 Å². The first kappa shape index (κ1) is 29.0. The van der Waals surface area contributed by atoms with Gasteiger partial charge in [-0.2, -0.15) is 17.7 Å². The molecule has 0 bridgehead atoms. The Labute approximate surface area is 242 Å². The number of aromatic nitrogens is 1. The number of fused-ring (bicyclic) bond motifs is 1. The van der Waals surface area contributed by atoms with Crippen LogP contribution in [0.5, 0.6) is 0 Å². The van der Waals surface area contributed by atoms with Crippen molar-refractivity contribution < 1.29 is 30.7 Å². The Balaban J connectivity index is 0.000000390. The molecule has 1 aliphatic rings. The summed E-state index contributed by atoms with van der Waals surface area (Å²) in [5.74, 6) is 0. The minimum absolute atomic E-state index is 0.939. The molecule has 8 heteroatoms. The first-order valence-corrected chi connectivity index (χ1v) is 14.5. The van der Waals surface area contributed by atoms with E-state index in [1.807, 2.05) is 0 Å². The molecule has 0 saturated carbocycles. The zero-order valence-electron chi connectivity index (χ0n) is 22.5. The molecule has 0 amide bonds. The van der Waals surface area contributed by atoms with Crippen molar-refractivity contribution in [2.24, 2.45) is 0 Å². The van der Waals surface area contributed by atoms with Crippen molar-refractivity contribution in [3.8, 4) is 28.1 Å². The van der Waals surface area contributed by atoms with Crippen LogP contribution in [0, 0.1) is 6.92 Å². The van der Waals surface area contributed by atoms with Crippen LogP contribution >= 0.6 is 0 Å². The normalized spacial score (nSPS) is 12.6. The van der Waals surface area contributed by atoms with Crippen molar-refractivity contribution in [2.45, 2.75) is 18.9 Å². The number of rotatable bonds is 4. The Morgan fingerprint density at radius 1 is 0.690 bits per heavy atom. The highest BCUT2D eigenvalue weighted by Crippen LogP contribution is 2.34. The summed E-state index contributed by atoms with van der Waals surface area (Å²) in [6, 6.07) is 43.7. The monoisotopic (exact) mass is 585 g/mol. The van der Waals surface area contributed by atoms with Crippen molar-refractivity contribution in [2.75, 3.05) is 0 Å². The number of alkyl halides is 3. The van der Waals surface area contributed by atoms with E-state index in [2.05, 4.69) is 139 Å². The molecule has 4 aromatic carbocycles. The zero-order valence-corrected chi connectivity index (χ0v) is 23.4. The van der Waals surface area contributed by atoms with Gasteiger partial charge >= 0.3 is 5.51 Å². The van der Waals surface area contributed by atoms with Crippen molar-refractivity contribution in [1.29, 1.82) is 0 Å². The largest absolute Gasteiger partial charge is 0.741 e. The topological polar surface area (TPSA) is 61.1 Å². The average Bonchev–Trinajstić information content (AvgIpc) is 3.42. The number of pyridine rings is 1. The van der Waals surface area contributed by atoms with E-state index >= 15 is 0 Å². The number of benzene rings is 4. The van der Waals surface area contributed by atoms with Gasteiger partial charge in [-0.3, -0.25) is 0 Å². The second-order valence-electron chi connectivity index (χ2n) is 9.86. The SMILES string of the molecule is Cc1ccc(-[n+]2c(C3=Cc4ccccc4C3)cc(-c3ccccc3)cc2-c2ccccc2)cc1.O=S(=O)([O-])C(F)(F)F. The van der Waals surface area contributed by atoms with Gasteiger partial charge in [0.05, 0.1) is 0 Å². The minimum Gasteiger partial charge on any atom is -0.741 e. The number of nitrogens with zero attached hydrogens (tertiary/aromatic N) is 1. The second kappa shape index (κ2) is 11.8. The molecule has 42 heavy (non-hydrogen) atoms. The predicted molar refractivity (Wildman–Crippen MR) is 157 cm³/mol. The summed E-state index contributed by atoms with van der Waals surface area (Å²) in [7, 11) is -6.09. The van der Waals surface area contributed by atoms with E-state index in [1.165, 1.54) is 56.0 Å². The first-order chi connectivity index (χ1) is 20.0. The lowest BCUT2D eigenvalue weighted by atomic mass is 9.98. The highest BCUT2D eigenvalue weighted by molar-refractivity contribution is 7.86. The van der Waals surface area contributed by atoms with Crippen molar-refractivity contribution in [3.63, 3.8) is 0 Å². The van der Waals surface area contributed by atoms with Gasteiger partial charge in [0, 0.05) is 41.8 Å². The summed E-state index contributed by atoms with van der Waals surface area (Å²) < 4.78 is 61.3. The van der Waals surface area contributed by atoms with Crippen LogP contribution in [0.15, 0.2) is 121 Å². The third-order valence-electron chi connectivity index (χ3n) is 6.91. The fourth-order valence-electron chi connectivity index (χ4n) is 4.87. The number of allylic oxidation sites excluding steroid dienone is 1. The lowest BCUT2D eigenvalue weighted by Crippen LogP contribution is -2.38. The Bertz CT molecular complexity index is 1850. The highest BCUT2D eigenvalue weighted by atomic mass is 32.2. The molecule has 0 N–H and O–H groups in total. The Kier molecular flexibility index (Phi) is 8.11. The Morgan fingerprint density at radius 3 is 1.79 bits per heavy atom. The molecule has 0 fully saturated rings. The van der Waals surface area contributed by atoms with E-state index in [0.29, 0.717) is 0 Å². The number of hydrogen-bond donors (Lipinski definition) is 0. The van der Waals surface area contributed by atoms with Crippen LogP contribution < -0.4 is 4.57 Å². The quantitative estimate of drug-likeness (QED) is 0.123. The summed E-state index contributed by atoms with van der Waals surface area (Å²) >= 11 is 0. The van der Waals surface area contributed by atoms with Crippen LogP contribution in [0.25, 0.3) is 39.7 Å². The molecule has 0 spiro atoms. The van der Waals surface area contributed by atoms with E-state index in [-0.39, 0.29) is 0 Å². The molecule has 4 nitrogen and oxygen atoms in total. The van der Waals surface area contributed by atoms with Gasteiger partial charge in [0.2, 0.25) is 17.1 Å². The highest BCUT2D eigenvalue weighted by Gasteiger charge is 2.37. The van der Waals surface area contributed by atoms with Crippen LogP contribution in [-0.2, 0) is 16.5 Å². The number of aryl methyl sites for hydroxylation is 1. The average molecular weight is 586 g/mol. The summed E-state index contributed by atoms with van der Waals surface area (Å²) in [6.07, 6.45) is 3.30. The van der Waals surface area contributed by atoms with E-state index in [4.69, 9.17) is 13.0 Å². The summed E-state index contributed by atoms with van der Waals surface area (Å²) in [5, 5.41) is 0. The first-order valence-electron chi connectivity index (χ1n) is 13.1. The fraction of sp³-hybridized carbons (Fsp3) is 0.0882. The fourth-order valence-corrected chi connectivity index (χ4v) is 4.87. The van der Waals surface area contributed by atoms with Gasteiger partial charge in [-0.15, -0.1) is 0 Å². The van der Waals surface area contributed by atoms with E-state index in [9.17, 15) is 13.2 Å². The molecule has 1 heterocycles. The van der Waals surface area contributed by atoms with Crippen LogP contribution in [-0.4, -0.2) is 18.5 Å². The van der Waals surface area contributed by atoms with Gasteiger partial charge in [-0.1, -0.05) is 90.5 Å². The van der Waals surface area contributed by atoms with Crippen LogP contribution in [0.4, 0.5) is 13.2 Å². The van der Waals surface area contributed by atoms with E-state index in [1.54, 1.807) is 0 Å². The molecular formula is C34H26F3NO3S. The third-order valence-corrected chi connectivity index (χ3v) is 7.48. The van der Waals surface area contributed by atoms with Gasteiger partial charge in [0.25, 0.3) is 0 Å². The summed E-state index contributed by atoms with van der Waals surface area (Å²) in [5.41, 5.74) is 6.94. The van der Waals surface area contributed by atoms with Crippen molar-refractivity contribution in [1.82, 2.24) is 0 Å². The van der Waals surface area contributed by atoms with Crippen LogP contribution in [0.1, 0.15) is 22.4 Å². The standard InChI is InChI=1S/C33H26N.CHF3O3S/c1-24-16-18-31(19-17-24)34-32(26-12-6-3-7-13-26)22-29(25-10-4-2-5-11-25)23-33(34)30-20-27-14-8-9-15-28(27)21-30;2-1(3,4)8(5,6)7/h2-20,22-23H,21H2,1H3;(H,5,6,7)/q+1;/p-1.